The molecule has 15 heteroatoms. The first-order valence-electron chi connectivity index (χ1n) is 10.9. The van der Waals surface area contributed by atoms with Crippen molar-refractivity contribution in [2.45, 2.75) is 79.1 Å². The summed E-state index contributed by atoms with van der Waals surface area (Å²) in [5, 5.41) is 0. The van der Waals surface area contributed by atoms with Crippen LogP contribution in [-0.4, -0.2) is 53.8 Å². The van der Waals surface area contributed by atoms with Crippen molar-refractivity contribution >= 4 is 59.0 Å². The van der Waals surface area contributed by atoms with E-state index >= 15 is 0 Å². The minimum Gasteiger partial charge on any atom is -0.566 e. The fraction of sp³-hybridized carbons (Fsp3) is 1.00. The summed E-state index contributed by atoms with van der Waals surface area (Å²) in [4.78, 5) is 20.5. The molecular weight excluding hydrogens is 707 g/mol. The van der Waals surface area contributed by atoms with Crippen molar-refractivity contribution in [2.75, 3.05) is 26.5 Å². The Morgan fingerprint density at radius 1 is 0.727 bits per heavy atom. The molecule has 0 fully saturated rings. The van der Waals surface area contributed by atoms with E-state index in [1.165, 1.54) is 13.3 Å². The van der Waals surface area contributed by atoms with Crippen molar-refractivity contribution in [1.29, 1.82) is 0 Å². The van der Waals surface area contributed by atoms with Crippen molar-refractivity contribution < 1.29 is 45.7 Å². The Hall–Kier alpha value is 1.34. The molecule has 0 aromatic carbocycles. The van der Waals surface area contributed by atoms with Gasteiger partial charge < -0.3 is 18.8 Å². The fourth-order valence-corrected chi connectivity index (χ4v) is 5.85. The minimum atomic E-state index is -3.44. The summed E-state index contributed by atoms with van der Waals surface area (Å²) in [6, 6.07) is 0. The van der Waals surface area contributed by atoms with E-state index in [1.807, 2.05) is 13.8 Å². The molecule has 0 aliphatic rings. The average Bonchev–Trinajstić information content (AvgIpc) is 2.67. The van der Waals surface area contributed by atoms with Crippen LogP contribution in [0.1, 0.15) is 79.1 Å². The monoisotopic (exact) mass is 748 g/mol. The second-order valence-electron chi connectivity index (χ2n) is 7.58. The standard InChI is InChI=1S/2C9H20O5P2.Pb/c2*1-4-6-7-9(5-2)8-13-16(3,12)14-15(10)11;/h2*9H,4-8H2,1-3H3;/q;;+2. The Bertz CT molecular complexity index is 571. The van der Waals surface area contributed by atoms with Crippen molar-refractivity contribution in [3.63, 3.8) is 0 Å². The van der Waals surface area contributed by atoms with Crippen LogP contribution in [0.3, 0.4) is 0 Å². The molecule has 0 aromatic heterocycles. The first-order valence-corrected chi connectivity index (χ1v) is 17.1. The third-order valence-corrected chi connectivity index (χ3v) is 9.28. The third kappa shape index (κ3) is 26.2. The molecular formula is C18H40O10P4Pb+2. The van der Waals surface area contributed by atoms with Crippen LogP contribution in [0, 0.1) is 11.8 Å². The largest absolute Gasteiger partial charge is 2.00 e. The SMILES string of the molecule is CCCCC(CC)COP(C)(=O)O[P+](=O)[O-].CCCCC(CC)COP(C)(=O)O[P+](=O)[O-].[Pb+2]. The van der Waals surface area contributed by atoms with Gasteiger partial charge in [0.15, 0.2) is 0 Å². The number of rotatable bonds is 18. The van der Waals surface area contributed by atoms with E-state index in [2.05, 4.69) is 22.5 Å². The van der Waals surface area contributed by atoms with E-state index in [9.17, 15) is 28.0 Å². The Kier molecular flexibility index (Phi) is 26.5. The van der Waals surface area contributed by atoms with E-state index in [-0.39, 0.29) is 40.5 Å². The van der Waals surface area contributed by atoms with Gasteiger partial charge in [0, 0.05) is 13.3 Å². The van der Waals surface area contributed by atoms with Crippen LogP contribution >= 0.6 is 31.7 Å². The van der Waals surface area contributed by atoms with Gasteiger partial charge in [-0.15, -0.1) is 0 Å². The van der Waals surface area contributed by atoms with E-state index in [0.29, 0.717) is 11.8 Å². The normalized spacial score (nSPS) is 17.3. The predicted molar refractivity (Wildman–Crippen MR) is 129 cm³/mol. The first kappa shape index (κ1) is 38.9. The Morgan fingerprint density at radius 3 is 1.24 bits per heavy atom. The zero-order valence-electron chi connectivity index (χ0n) is 20.6. The second kappa shape index (κ2) is 22.5. The van der Waals surface area contributed by atoms with Gasteiger partial charge in [0.05, 0.1) is 13.2 Å². The molecule has 194 valence electrons. The zero-order valence-corrected chi connectivity index (χ0v) is 28.1. The van der Waals surface area contributed by atoms with Crippen LogP contribution < -0.4 is 9.79 Å². The van der Waals surface area contributed by atoms with E-state index in [1.54, 1.807) is 0 Å². The quantitative estimate of drug-likeness (QED) is 0.125. The van der Waals surface area contributed by atoms with Gasteiger partial charge >= 0.3 is 59.0 Å². The molecule has 10 nitrogen and oxygen atoms in total. The van der Waals surface area contributed by atoms with E-state index in [0.717, 1.165) is 51.4 Å². The van der Waals surface area contributed by atoms with Crippen molar-refractivity contribution in [3.05, 3.63) is 0 Å². The van der Waals surface area contributed by atoms with Crippen molar-refractivity contribution in [1.82, 2.24) is 0 Å². The van der Waals surface area contributed by atoms with Crippen LogP contribution in [-0.2, 0) is 35.9 Å². The molecule has 0 aromatic rings. The van der Waals surface area contributed by atoms with Crippen LogP contribution in [0.5, 0.6) is 0 Å². The maximum atomic E-state index is 11.5. The zero-order chi connectivity index (χ0) is 25.2. The molecule has 0 saturated heterocycles. The van der Waals surface area contributed by atoms with Crippen LogP contribution in [0.25, 0.3) is 0 Å². The van der Waals surface area contributed by atoms with Gasteiger partial charge in [-0.3, -0.25) is 9.13 Å². The molecule has 6 atom stereocenters. The minimum absolute atomic E-state index is 0. The van der Waals surface area contributed by atoms with E-state index < -0.39 is 31.7 Å². The topological polar surface area (TPSA) is 151 Å². The fourth-order valence-electron chi connectivity index (χ4n) is 2.57. The molecule has 0 saturated carbocycles. The summed E-state index contributed by atoms with van der Waals surface area (Å²) >= 11 is 0. The first-order chi connectivity index (χ1) is 14.8. The third-order valence-electron chi connectivity index (χ3n) is 4.61. The maximum Gasteiger partial charge on any atom is 2.00 e. The molecule has 0 bridgehead atoms. The van der Waals surface area contributed by atoms with Gasteiger partial charge in [-0.1, -0.05) is 74.8 Å². The number of hydrogen-bond donors (Lipinski definition) is 0. The Morgan fingerprint density at radius 2 is 1.03 bits per heavy atom. The van der Waals surface area contributed by atoms with Gasteiger partial charge in [0.1, 0.15) is 0 Å². The molecule has 0 heterocycles. The number of hydrogen-bond acceptors (Lipinski definition) is 10. The Labute approximate surface area is 221 Å². The summed E-state index contributed by atoms with van der Waals surface area (Å²) < 4.78 is 62.0. The number of unbranched alkanes of at least 4 members (excludes halogenated alkanes) is 2. The van der Waals surface area contributed by atoms with Crippen molar-refractivity contribution in [3.8, 4) is 0 Å². The molecule has 0 N–H and O–H groups in total. The van der Waals surface area contributed by atoms with Gasteiger partial charge in [-0.2, -0.15) is 0 Å². The maximum absolute atomic E-state index is 11.5. The van der Waals surface area contributed by atoms with Gasteiger partial charge in [-0.05, 0) is 33.8 Å². The summed E-state index contributed by atoms with van der Waals surface area (Å²) in [6.07, 6.45) is 8.21. The van der Waals surface area contributed by atoms with Crippen LogP contribution in [0.2, 0.25) is 0 Å². The molecule has 0 rings (SSSR count). The van der Waals surface area contributed by atoms with Crippen LogP contribution in [0.4, 0.5) is 0 Å². The molecule has 0 aliphatic carbocycles. The smallest absolute Gasteiger partial charge is 0.566 e. The molecule has 0 aliphatic heterocycles. The molecule has 6 unspecified atom stereocenters. The molecule has 2 radical (unpaired) electrons. The Balaban J connectivity index is -0.000000529. The van der Waals surface area contributed by atoms with Gasteiger partial charge in [0.25, 0.3) is 0 Å². The van der Waals surface area contributed by atoms with Crippen molar-refractivity contribution in [2.24, 2.45) is 11.8 Å². The van der Waals surface area contributed by atoms with Gasteiger partial charge in [-0.25, -0.2) is 0 Å². The van der Waals surface area contributed by atoms with Crippen LogP contribution in [0.15, 0.2) is 0 Å². The summed E-state index contributed by atoms with van der Waals surface area (Å²) in [5.41, 5.74) is 0. The summed E-state index contributed by atoms with van der Waals surface area (Å²) in [6.45, 7) is 11.2. The predicted octanol–water partition coefficient (Wildman–Crippen LogP) is 5.77. The summed E-state index contributed by atoms with van der Waals surface area (Å²) in [7, 11) is -13.1. The average molecular weight is 748 g/mol. The van der Waals surface area contributed by atoms with Gasteiger partial charge in [0.2, 0.25) is 0 Å². The second-order valence-corrected chi connectivity index (χ2v) is 13.4. The molecule has 33 heavy (non-hydrogen) atoms. The molecule has 0 amide bonds. The van der Waals surface area contributed by atoms with E-state index in [4.69, 9.17) is 9.05 Å². The summed E-state index contributed by atoms with van der Waals surface area (Å²) in [5.74, 6) is 0.614. The molecule has 0 spiro atoms.